The minimum Gasteiger partial charge on any atom is -0.345 e. The van der Waals surface area contributed by atoms with Crippen LogP contribution in [0.15, 0.2) is 54.6 Å². The summed E-state index contributed by atoms with van der Waals surface area (Å²) in [4.78, 5) is 12.8. The topological polar surface area (TPSA) is 66.5 Å². The molecule has 1 N–H and O–H groups in total. The molecule has 138 valence electrons. The van der Waals surface area contributed by atoms with Gasteiger partial charge in [0, 0.05) is 12.1 Å². The van der Waals surface area contributed by atoms with Gasteiger partial charge in [0.15, 0.2) is 0 Å². The largest absolute Gasteiger partial charge is 0.345 e. The highest BCUT2D eigenvalue weighted by Crippen LogP contribution is 2.25. The zero-order valence-corrected chi connectivity index (χ0v) is 15.7. The van der Waals surface area contributed by atoms with Crippen molar-refractivity contribution in [2.75, 3.05) is 16.6 Å². The Morgan fingerprint density at radius 1 is 1.15 bits per heavy atom. The van der Waals surface area contributed by atoms with Gasteiger partial charge in [-0.25, -0.2) is 8.42 Å². The van der Waals surface area contributed by atoms with Crippen molar-refractivity contribution in [1.29, 1.82) is 0 Å². The maximum atomic E-state index is 12.8. The van der Waals surface area contributed by atoms with Crippen molar-refractivity contribution in [3.05, 3.63) is 65.7 Å². The van der Waals surface area contributed by atoms with Gasteiger partial charge >= 0.3 is 0 Å². The van der Waals surface area contributed by atoms with E-state index in [9.17, 15) is 13.2 Å². The SMILES string of the molecule is CCC[C@H](NC(=O)c1cccc(N2CCCS2(=O)=O)c1)c1ccccc1. The molecule has 0 unspecified atom stereocenters. The van der Waals surface area contributed by atoms with Crippen molar-refractivity contribution in [3.8, 4) is 0 Å². The molecule has 5 nitrogen and oxygen atoms in total. The fourth-order valence-corrected chi connectivity index (χ4v) is 4.83. The molecule has 2 aromatic carbocycles. The van der Waals surface area contributed by atoms with E-state index >= 15 is 0 Å². The van der Waals surface area contributed by atoms with Crippen LogP contribution >= 0.6 is 0 Å². The van der Waals surface area contributed by atoms with E-state index in [-0.39, 0.29) is 17.7 Å². The summed E-state index contributed by atoms with van der Waals surface area (Å²) in [6, 6.07) is 16.7. The Morgan fingerprint density at radius 2 is 1.92 bits per heavy atom. The van der Waals surface area contributed by atoms with Crippen molar-refractivity contribution in [1.82, 2.24) is 5.32 Å². The Labute approximate surface area is 155 Å². The summed E-state index contributed by atoms with van der Waals surface area (Å²) in [5, 5.41) is 3.08. The predicted octanol–water partition coefficient (Wildman–Crippen LogP) is 3.50. The maximum absolute atomic E-state index is 12.8. The smallest absolute Gasteiger partial charge is 0.251 e. The summed E-state index contributed by atoms with van der Waals surface area (Å²) in [7, 11) is -3.26. The molecule has 1 atom stereocenters. The fourth-order valence-electron chi connectivity index (χ4n) is 3.27. The number of hydrogen-bond acceptors (Lipinski definition) is 3. The molecule has 1 fully saturated rings. The molecule has 6 heteroatoms. The van der Waals surface area contributed by atoms with Gasteiger partial charge in [-0.3, -0.25) is 9.10 Å². The molecule has 0 spiro atoms. The van der Waals surface area contributed by atoms with Crippen LogP contribution in [0.5, 0.6) is 0 Å². The third-order valence-electron chi connectivity index (χ3n) is 4.58. The number of nitrogens with zero attached hydrogens (tertiary/aromatic N) is 1. The molecular formula is C20H24N2O3S. The van der Waals surface area contributed by atoms with Gasteiger partial charge in [-0.2, -0.15) is 0 Å². The fraction of sp³-hybridized carbons (Fsp3) is 0.350. The van der Waals surface area contributed by atoms with Crippen LogP contribution in [0.2, 0.25) is 0 Å². The number of rotatable bonds is 6. The number of nitrogens with one attached hydrogen (secondary N) is 1. The van der Waals surface area contributed by atoms with Crippen LogP contribution in [-0.4, -0.2) is 26.6 Å². The van der Waals surface area contributed by atoms with E-state index in [0.717, 1.165) is 18.4 Å². The van der Waals surface area contributed by atoms with E-state index in [2.05, 4.69) is 12.2 Å². The molecule has 0 saturated carbocycles. The Bertz CT molecular complexity index is 866. The van der Waals surface area contributed by atoms with E-state index in [0.29, 0.717) is 24.2 Å². The third kappa shape index (κ3) is 4.07. The van der Waals surface area contributed by atoms with Gasteiger partial charge < -0.3 is 5.32 Å². The van der Waals surface area contributed by atoms with Crippen molar-refractivity contribution in [2.45, 2.75) is 32.2 Å². The lowest BCUT2D eigenvalue weighted by Gasteiger charge is -2.20. The van der Waals surface area contributed by atoms with E-state index in [4.69, 9.17) is 0 Å². The summed E-state index contributed by atoms with van der Waals surface area (Å²) in [6.45, 7) is 2.55. The lowest BCUT2D eigenvalue weighted by Crippen LogP contribution is -2.29. The van der Waals surface area contributed by atoms with Crippen molar-refractivity contribution >= 4 is 21.6 Å². The number of benzene rings is 2. The molecular weight excluding hydrogens is 348 g/mol. The van der Waals surface area contributed by atoms with Crippen LogP contribution in [0.1, 0.15) is 48.1 Å². The lowest BCUT2D eigenvalue weighted by molar-refractivity contribution is 0.0934. The minimum atomic E-state index is -3.26. The molecule has 0 aliphatic carbocycles. The normalized spacial score (nSPS) is 17.0. The average Bonchev–Trinajstić information content (AvgIpc) is 3.01. The molecule has 1 amide bonds. The lowest BCUT2D eigenvalue weighted by atomic mass is 10.0. The van der Waals surface area contributed by atoms with E-state index < -0.39 is 10.0 Å². The van der Waals surface area contributed by atoms with Gasteiger partial charge in [0.25, 0.3) is 5.91 Å². The number of anilines is 1. The van der Waals surface area contributed by atoms with Crippen LogP contribution in [0, 0.1) is 0 Å². The first kappa shape index (κ1) is 18.5. The van der Waals surface area contributed by atoms with Gasteiger partial charge in [-0.05, 0) is 36.6 Å². The number of sulfonamides is 1. The molecule has 1 saturated heterocycles. The van der Waals surface area contributed by atoms with E-state index in [1.807, 2.05) is 30.3 Å². The number of amides is 1. The van der Waals surface area contributed by atoms with Gasteiger partial charge in [0.1, 0.15) is 0 Å². The standard InChI is InChI=1S/C20H24N2O3S/c1-2-8-19(16-9-4-3-5-10-16)21-20(23)17-11-6-12-18(15-17)22-13-7-14-26(22,24)25/h3-6,9-12,15,19H,2,7-8,13-14H2,1H3,(H,21,23)/t19-/m0/s1. The molecule has 3 rings (SSSR count). The first-order valence-corrected chi connectivity index (χ1v) is 10.6. The Hall–Kier alpha value is -2.34. The molecule has 0 bridgehead atoms. The summed E-state index contributed by atoms with van der Waals surface area (Å²) < 4.78 is 25.6. The Morgan fingerprint density at radius 3 is 2.58 bits per heavy atom. The molecule has 2 aromatic rings. The third-order valence-corrected chi connectivity index (χ3v) is 6.45. The van der Waals surface area contributed by atoms with Gasteiger partial charge in [-0.1, -0.05) is 49.7 Å². The highest BCUT2D eigenvalue weighted by Gasteiger charge is 2.28. The predicted molar refractivity (Wildman–Crippen MR) is 104 cm³/mol. The summed E-state index contributed by atoms with van der Waals surface area (Å²) >= 11 is 0. The van der Waals surface area contributed by atoms with E-state index in [1.165, 1.54) is 4.31 Å². The first-order valence-electron chi connectivity index (χ1n) is 8.97. The summed E-state index contributed by atoms with van der Waals surface area (Å²) in [5.41, 5.74) is 2.10. The average molecular weight is 372 g/mol. The van der Waals surface area contributed by atoms with Crippen molar-refractivity contribution < 1.29 is 13.2 Å². The van der Waals surface area contributed by atoms with Gasteiger partial charge in [0.05, 0.1) is 17.5 Å². The number of carbonyl (C=O) groups is 1. The van der Waals surface area contributed by atoms with Gasteiger partial charge in [-0.15, -0.1) is 0 Å². The zero-order valence-electron chi connectivity index (χ0n) is 14.9. The van der Waals surface area contributed by atoms with Crippen molar-refractivity contribution in [3.63, 3.8) is 0 Å². The minimum absolute atomic E-state index is 0.0622. The monoisotopic (exact) mass is 372 g/mol. The second-order valence-electron chi connectivity index (χ2n) is 6.52. The second kappa shape index (κ2) is 7.91. The maximum Gasteiger partial charge on any atom is 0.251 e. The molecule has 1 aliphatic heterocycles. The second-order valence-corrected chi connectivity index (χ2v) is 8.53. The van der Waals surface area contributed by atoms with Crippen LogP contribution < -0.4 is 9.62 Å². The summed E-state index contributed by atoms with van der Waals surface area (Å²) in [6.07, 6.45) is 2.41. The van der Waals surface area contributed by atoms with Crippen molar-refractivity contribution in [2.24, 2.45) is 0 Å². The highest BCUT2D eigenvalue weighted by molar-refractivity contribution is 7.93. The first-order chi connectivity index (χ1) is 12.5. The van der Waals surface area contributed by atoms with E-state index in [1.54, 1.807) is 24.3 Å². The van der Waals surface area contributed by atoms with Gasteiger partial charge in [0.2, 0.25) is 10.0 Å². The molecule has 26 heavy (non-hydrogen) atoms. The quantitative estimate of drug-likeness (QED) is 0.844. The molecule has 0 radical (unpaired) electrons. The highest BCUT2D eigenvalue weighted by atomic mass is 32.2. The number of hydrogen-bond donors (Lipinski definition) is 1. The Balaban J connectivity index is 1.80. The molecule has 1 heterocycles. The summed E-state index contributed by atoms with van der Waals surface area (Å²) in [5.74, 6) is -0.0264. The number of carbonyl (C=O) groups excluding carboxylic acids is 1. The molecule has 1 aliphatic rings. The van der Waals surface area contributed by atoms with Crippen LogP contribution in [0.25, 0.3) is 0 Å². The van der Waals surface area contributed by atoms with Crippen LogP contribution in [0.4, 0.5) is 5.69 Å². The zero-order chi connectivity index (χ0) is 18.6. The van der Waals surface area contributed by atoms with Crippen LogP contribution in [-0.2, 0) is 10.0 Å². The Kier molecular flexibility index (Phi) is 5.61. The van der Waals surface area contributed by atoms with Crippen LogP contribution in [0.3, 0.4) is 0 Å². The molecule has 0 aromatic heterocycles.